The van der Waals surface area contributed by atoms with Gasteiger partial charge in [-0.15, -0.1) is 10.2 Å². The second-order valence-electron chi connectivity index (χ2n) is 7.50. The fraction of sp³-hybridized carbons (Fsp3) is 0.174. The average Bonchev–Trinajstić information content (AvgIpc) is 3.23. The maximum Gasteiger partial charge on any atom is 0.417 e. The fourth-order valence-electron chi connectivity index (χ4n) is 3.19. The highest BCUT2D eigenvalue weighted by molar-refractivity contribution is 5.96. The number of pyridine rings is 2. The molecule has 4 aromatic rings. The summed E-state index contributed by atoms with van der Waals surface area (Å²) in [6, 6.07) is 11.2. The van der Waals surface area contributed by atoms with Crippen LogP contribution in [0, 0.1) is 6.92 Å². The number of hydrogen-bond acceptors (Lipinski definition) is 5. The van der Waals surface area contributed by atoms with Gasteiger partial charge >= 0.3 is 6.18 Å². The van der Waals surface area contributed by atoms with Crippen molar-refractivity contribution in [3.8, 4) is 22.6 Å². The molecule has 0 atom stereocenters. The van der Waals surface area contributed by atoms with Crippen LogP contribution >= 0.6 is 0 Å². The van der Waals surface area contributed by atoms with E-state index in [4.69, 9.17) is 0 Å². The molecule has 3 heterocycles. The van der Waals surface area contributed by atoms with Crippen molar-refractivity contribution in [1.29, 1.82) is 0 Å². The summed E-state index contributed by atoms with van der Waals surface area (Å²) in [5, 5.41) is 10.7. The van der Waals surface area contributed by atoms with E-state index in [1.807, 2.05) is 25.1 Å². The lowest BCUT2D eigenvalue weighted by Crippen LogP contribution is -2.23. The van der Waals surface area contributed by atoms with E-state index in [1.54, 1.807) is 36.3 Å². The number of aromatic nitrogens is 5. The van der Waals surface area contributed by atoms with Crippen LogP contribution in [0.3, 0.4) is 0 Å². The fourth-order valence-corrected chi connectivity index (χ4v) is 3.19. The predicted octanol–water partition coefficient (Wildman–Crippen LogP) is 4.20. The monoisotopic (exact) mass is 452 g/mol. The summed E-state index contributed by atoms with van der Waals surface area (Å²) in [7, 11) is 1.79. The first-order chi connectivity index (χ1) is 15.7. The Kier molecular flexibility index (Phi) is 5.91. The first-order valence-electron chi connectivity index (χ1n) is 9.93. The molecule has 4 rings (SSSR count). The van der Waals surface area contributed by atoms with Gasteiger partial charge in [-0.2, -0.15) is 13.2 Å². The van der Waals surface area contributed by atoms with Gasteiger partial charge in [0.2, 0.25) is 0 Å². The Hall–Kier alpha value is -4.08. The Morgan fingerprint density at radius 3 is 2.42 bits per heavy atom. The predicted molar refractivity (Wildman–Crippen MR) is 115 cm³/mol. The van der Waals surface area contributed by atoms with Crippen LogP contribution in [0.15, 0.2) is 61.2 Å². The van der Waals surface area contributed by atoms with Gasteiger partial charge in [-0.3, -0.25) is 14.8 Å². The summed E-state index contributed by atoms with van der Waals surface area (Å²) in [5.74, 6) is 0.163. The molecule has 10 heteroatoms. The van der Waals surface area contributed by atoms with Crippen LogP contribution in [-0.4, -0.2) is 30.6 Å². The SMILES string of the molecule is Cc1ccc(-c2cc(C(=O)NCc3ccc(C(F)(F)F)cn3)cc(-c3nncn3C)c2)nc1. The maximum absolute atomic E-state index is 12.9. The molecule has 1 aromatic carbocycles. The van der Waals surface area contributed by atoms with Crippen LogP contribution in [0.2, 0.25) is 0 Å². The number of alkyl halides is 3. The molecule has 0 bridgehead atoms. The molecule has 0 aliphatic carbocycles. The molecule has 3 aromatic heterocycles. The number of nitrogens with zero attached hydrogens (tertiary/aromatic N) is 5. The van der Waals surface area contributed by atoms with Crippen molar-refractivity contribution in [3.05, 3.63) is 83.6 Å². The molecule has 1 N–H and O–H groups in total. The highest BCUT2D eigenvalue weighted by Gasteiger charge is 2.30. The standard InChI is InChI=1S/C23H19F3N6O/c1-14-3-6-20(28-10-14)15-7-16(21-31-30-13-32(21)2)9-17(8-15)22(33)29-12-19-5-4-18(11-27-19)23(24,25)26/h3-11,13H,12H2,1-2H3,(H,29,33). The Balaban J connectivity index is 1.61. The summed E-state index contributed by atoms with van der Waals surface area (Å²) in [5.41, 5.74) is 2.89. The minimum atomic E-state index is -4.46. The number of nitrogens with one attached hydrogen (secondary N) is 1. The van der Waals surface area contributed by atoms with Crippen molar-refractivity contribution in [2.75, 3.05) is 0 Å². The van der Waals surface area contributed by atoms with Crippen LogP contribution in [0.25, 0.3) is 22.6 Å². The largest absolute Gasteiger partial charge is 0.417 e. The van der Waals surface area contributed by atoms with E-state index in [0.29, 0.717) is 33.9 Å². The quantitative estimate of drug-likeness (QED) is 0.491. The molecule has 0 saturated carbocycles. The van der Waals surface area contributed by atoms with Crippen LogP contribution in [0.5, 0.6) is 0 Å². The van der Waals surface area contributed by atoms with Gasteiger partial charge in [-0.1, -0.05) is 6.07 Å². The van der Waals surface area contributed by atoms with E-state index in [0.717, 1.165) is 17.8 Å². The number of rotatable bonds is 5. The Morgan fingerprint density at radius 2 is 1.82 bits per heavy atom. The maximum atomic E-state index is 12.9. The summed E-state index contributed by atoms with van der Waals surface area (Å²) < 4.78 is 39.9. The first kappa shape index (κ1) is 22.1. The van der Waals surface area contributed by atoms with Gasteiger partial charge in [0, 0.05) is 36.1 Å². The molecule has 168 valence electrons. The molecule has 0 aliphatic rings. The molecule has 0 saturated heterocycles. The minimum absolute atomic E-state index is 0.0245. The second-order valence-corrected chi connectivity index (χ2v) is 7.50. The average molecular weight is 452 g/mol. The van der Waals surface area contributed by atoms with Gasteiger partial charge in [0.1, 0.15) is 6.33 Å². The van der Waals surface area contributed by atoms with Gasteiger partial charge < -0.3 is 9.88 Å². The lowest BCUT2D eigenvalue weighted by Gasteiger charge is -2.11. The van der Waals surface area contributed by atoms with E-state index in [1.165, 1.54) is 6.07 Å². The smallest absolute Gasteiger partial charge is 0.346 e. The topological polar surface area (TPSA) is 85.6 Å². The Morgan fingerprint density at radius 1 is 1.03 bits per heavy atom. The normalized spacial score (nSPS) is 11.4. The van der Waals surface area contributed by atoms with E-state index < -0.39 is 17.6 Å². The molecule has 0 spiro atoms. The van der Waals surface area contributed by atoms with Crippen molar-refractivity contribution in [2.45, 2.75) is 19.6 Å². The van der Waals surface area contributed by atoms with Crippen LogP contribution in [0.1, 0.15) is 27.2 Å². The molecule has 0 radical (unpaired) electrons. The van der Waals surface area contributed by atoms with E-state index in [9.17, 15) is 18.0 Å². The minimum Gasteiger partial charge on any atom is -0.346 e. The molecular formula is C23H19F3N6O. The van der Waals surface area contributed by atoms with Crippen LogP contribution in [0.4, 0.5) is 13.2 Å². The van der Waals surface area contributed by atoms with Crippen molar-refractivity contribution < 1.29 is 18.0 Å². The lowest BCUT2D eigenvalue weighted by atomic mass is 10.0. The third kappa shape index (κ3) is 5.05. The number of amides is 1. The molecule has 0 unspecified atom stereocenters. The van der Waals surface area contributed by atoms with Crippen molar-refractivity contribution in [3.63, 3.8) is 0 Å². The summed E-state index contributed by atoms with van der Waals surface area (Å²) in [6.07, 6.45) is -0.421. The number of carbonyl (C=O) groups is 1. The van der Waals surface area contributed by atoms with Crippen molar-refractivity contribution >= 4 is 5.91 Å². The highest BCUT2D eigenvalue weighted by atomic mass is 19.4. The number of aryl methyl sites for hydroxylation is 2. The van der Waals surface area contributed by atoms with E-state index >= 15 is 0 Å². The first-order valence-corrected chi connectivity index (χ1v) is 9.93. The third-order valence-electron chi connectivity index (χ3n) is 4.95. The van der Waals surface area contributed by atoms with Crippen LogP contribution < -0.4 is 5.32 Å². The van der Waals surface area contributed by atoms with Crippen LogP contribution in [-0.2, 0) is 19.8 Å². The van der Waals surface area contributed by atoms with Gasteiger partial charge in [0.25, 0.3) is 5.91 Å². The van der Waals surface area contributed by atoms with Gasteiger partial charge in [-0.25, -0.2) is 0 Å². The Bertz CT molecular complexity index is 1280. The van der Waals surface area contributed by atoms with E-state index in [-0.39, 0.29) is 6.54 Å². The molecule has 0 fully saturated rings. The number of carbonyl (C=O) groups excluding carboxylic acids is 1. The van der Waals surface area contributed by atoms with Crippen molar-refractivity contribution in [1.82, 2.24) is 30.0 Å². The summed E-state index contributed by atoms with van der Waals surface area (Å²) >= 11 is 0. The number of hydrogen-bond donors (Lipinski definition) is 1. The van der Waals surface area contributed by atoms with Crippen molar-refractivity contribution in [2.24, 2.45) is 7.05 Å². The summed E-state index contributed by atoms with van der Waals surface area (Å²) in [6.45, 7) is 1.91. The highest BCUT2D eigenvalue weighted by Crippen LogP contribution is 2.29. The molecule has 33 heavy (non-hydrogen) atoms. The number of benzene rings is 1. The van der Waals surface area contributed by atoms with Gasteiger partial charge in [0.15, 0.2) is 5.82 Å². The Labute approximate surface area is 187 Å². The third-order valence-corrected chi connectivity index (χ3v) is 4.95. The number of halogens is 3. The lowest BCUT2D eigenvalue weighted by molar-refractivity contribution is -0.137. The van der Waals surface area contributed by atoms with Gasteiger partial charge in [0.05, 0.1) is 23.5 Å². The zero-order valence-electron chi connectivity index (χ0n) is 17.8. The molecule has 7 nitrogen and oxygen atoms in total. The second kappa shape index (κ2) is 8.81. The molecular weight excluding hydrogens is 433 g/mol. The summed E-state index contributed by atoms with van der Waals surface area (Å²) in [4.78, 5) is 21.1. The molecule has 0 aliphatic heterocycles. The van der Waals surface area contributed by atoms with Gasteiger partial charge in [-0.05, 0) is 48.9 Å². The van der Waals surface area contributed by atoms with E-state index in [2.05, 4.69) is 25.5 Å². The molecule has 1 amide bonds. The zero-order chi connectivity index (χ0) is 23.6. The zero-order valence-corrected chi connectivity index (χ0v) is 17.8.